The zero-order valence-electron chi connectivity index (χ0n) is 2.58. The summed E-state index contributed by atoms with van der Waals surface area (Å²) >= 11 is 0. The predicted octanol–water partition coefficient (Wildman–Crippen LogP) is -0.0147. The van der Waals surface area contributed by atoms with Gasteiger partial charge in [0.15, 0.2) is 0 Å². The maximum Gasteiger partial charge on any atom is 2.00 e. The molecular formula is CoNiS3Zn. The van der Waals surface area contributed by atoms with Gasteiger partial charge in [-0.3, -0.25) is 0 Å². The van der Waals surface area contributed by atoms with Crippen LogP contribution in [0.15, 0.2) is 0 Å². The van der Waals surface area contributed by atoms with Crippen molar-refractivity contribution >= 4 is 40.5 Å². The van der Waals surface area contributed by atoms with Crippen molar-refractivity contribution in [3.8, 4) is 0 Å². The van der Waals surface area contributed by atoms with Gasteiger partial charge in [0.05, 0.1) is 0 Å². The summed E-state index contributed by atoms with van der Waals surface area (Å²) in [7, 11) is 0. The summed E-state index contributed by atoms with van der Waals surface area (Å²) in [6.45, 7) is 0. The molecule has 0 aromatic heterocycles. The minimum atomic E-state index is 0. The first kappa shape index (κ1) is 71.5. The van der Waals surface area contributed by atoms with Gasteiger partial charge in [-0.15, -0.1) is 0 Å². The van der Waals surface area contributed by atoms with E-state index in [2.05, 4.69) is 0 Å². The first-order chi connectivity index (χ1) is 0. The molecule has 0 unspecified atom stereocenters. The summed E-state index contributed by atoms with van der Waals surface area (Å²) in [6.07, 6.45) is 0. The second kappa shape index (κ2) is 47.8. The molecule has 0 aromatic carbocycles. The van der Waals surface area contributed by atoms with Crippen LogP contribution < -0.4 is 0 Å². The number of hydrogen-bond acceptors (Lipinski definition) is 0. The molecule has 0 fully saturated rings. The van der Waals surface area contributed by atoms with Crippen molar-refractivity contribution in [2.24, 2.45) is 0 Å². The molecule has 0 bridgehead atoms. The van der Waals surface area contributed by atoms with Gasteiger partial charge in [0, 0.05) is 0 Å². The van der Waals surface area contributed by atoms with Crippen LogP contribution in [0.25, 0.3) is 0 Å². The van der Waals surface area contributed by atoms with Crippen LogP contribution in [0.4, 0.5) is 0 Å². The molecular weight excluding hydrogens is 279 g/mol. The smallest absolute Gasteiger partial charge is 2.00 e. The van der Waals surface area contributed by atoms with Crippen LogP contribution in [0.2, 0.25) is 0 Å². The number of hydrogen-bond donors (Lipinski definition) is 0. The Morgan fingerprint density at radius 1 is 0.667 bits per heavy atom. The third-order valence-corrected chi connectivity index (χ3v) is 0. The SMILES string of the molecule is [Co+2].[Ni+2].[S-2].[S-2].[S-2].[Zn+2]. The Balaban J connectivity index is 0. The largest absolute Gasteiger partial charge is 2.00 e. The van der Waals surface area contributed by atoms with Gasteiger partial charge in [0.25, 0.3) is 0 Å². The van der Waals surface area contributed by atoms with Crippen molar-refractivity contribution in [3.63, 3.8) is 0 Å². The summed E-state index contributed by atoms with van der Waals surface area (Å²) in [5.41, 5.74) is 0. The van der Waals surface area contributed by atoms with E-state index >= 15 is 0 Å². The first-order valence-electron chi connectivity index (χ1n) is 0. The van der Waals surface area contributed by atoms with Gasteiger partial charge in [0.2, 0.25) is 0 Å². The fourth-order valence-corrected chi connectivity index (χ4v) is 0. The molecule has 0 aliphatic heterocycles. The molecule has 0 atom stereocenters. The van der Waals surface area contributed by atoms with E-state index in [9.17, 15) is 0 Å². The molecule has 0 rings (SSSR count). The zero-order chi connectivity index (χ0) is 0. The fourth-order valence-electron chi connectivity index (χ4n) is 0. The third-order valence-electron chi connectivity index (χ3n) is 0. The van der Waals surface area contributed by atoms with Crippen LogP contribution in [-0.2, 0) is 93.2 Å². The fraction of sp³-hybridized carbons (Fsp3) is 0. The molecule has 0 saturated heterocycles. The minimum Gasteiger partial charge on any atom is -2.00 e. The first-order valence-corrected chi connectivity index (χ1v) is 0. The molecule has 0 nitrogen and oxygen atoms in total. The molecule has 0 N–H and O–H groups in total. The minimum absolute atomic E-state index is 0. The zero-order valence-corrected chi connectivity index (χ0v) is 10.0. The summed E-state index contributed by atoms with van der Waals surface area (Å²) in [4.78, 5) is 0. The van der Waals surface area contributed by atoms with E-state index in [-0.39, 0.29) is 93.2 Å². The van der Waals surface area contributed by atoms with Crippen molar-refractivity contribution in [3.05, 3.63) is 0 Å². The molecule has 6 heavy (non-hydrogen) atoms. The average molecular weight is 279 g/mol. The summed E-state index contributed by atoms with van der Waals surface area (Å²) in [5, 5.41) is 0. The summed E-state index contributed by atoms with van der Waals surface area (Å²) < 4.78 is 0. The Labute approximate surface area is 92.2 Å². The Morgan fingerprint density at radius 3 is 0.667 bits per heavy atom. The Morgan fingerprint density at radius 2 is 0.667 bits per heavy atom. The molecule has 0 aromatic rings. The topological polar surface area (TPSA) is 0 Å². The average Bonchev–Trinajstić information content (AvgIpc) is 0. The third kappa shape index (κ3) is 30.1. The van der Waals surface area contributed by atoms with Gasteiger partial charge in [0.1, 0.15) is 0 Å². The van der Waals surface area contributed by atoms with Crippen LogP contribution >= 0.6 is 0 Å². The van der Waals surface area contributed by atoms with Crippen LogP contribution in [-0.4, -0.2) is 0 Å². The molecule has 0 saturated carbocycles. The molecule has 0 aliphatic carbocycles. The van der Waals surface area contributed by atoms with E-state index in [4.69, 9.17) is 0 Å². The normalized spacial score (nSPS) is 0. The Bertz CT molecular complexity index is 10.8. The van der Waals surface area contributed by atoms with E-state index in [1.165, 1.54) is 0 Å². The van der Waals surface area contributed by atoms with Gasteiger partial charge in [-0.25, -0.2) is 0 Å². The van der Waals surface area contributed by atoms with Crippen LogP contribution in [0.3, 0.4) is 0 Å². The summed E-state index contributed by atoms with van der Waals surface area (Å²) in [5.74, 6) is 0. The predicted molar refractivity (Wildman–Crippen MR) is 22.1 cm³/mol. The molecule has 0 amide bonds. The van der Waals surface area contributed by atoms with Crippen molar-refractivity contribution in [2.45, 2.75) is 0 Å². The van der Waals surface area contributed by atoms with Crippen LogP contribution in [0.1, 0.15) is 0 Å². The van der Waals surface area contributed by atoms with Crippen molar-refractivity contribution in [1.29, 1.82) is 0 Å². The van der Waals surface area contributed by atoms with Gasteiger partial charge in [-0.05, 0) is 0 Å². The van der Waals surface area contributed by atoms with Crippen LogP contribution in [0, 0.1) is 0 Å². The molecule has 0 spiro atoms. The summed E-state index contributed by atoms with van der Waals surface area (Å²) in [6, 6.07) is 0. The number of rotatable bonds is 0. The molecule has 6 heteroatoms. The quantitative estimate of drug-likeness (QED) is 0.547. The van der Waals surface area contributed by atoms with E-state index in [1.807, 2.05) is 0 Å². The maximum atomic E-state index is 0. The van der Waals surface area contributed by atoms with E-state index in [0.717, 1.165) is 0 Å². The second-order valence-electron chi connectivity index (χ2n) is 0. The van der Waals surface area contributed by atoms with Gasteiger partial charge in [-0.2, -0.15) is 0 Å². The molecule has 39 valence electrons. The molecule has 0 aliphatic rings. The molecule has 0 heterocycles. The Kier molecular flexibility index (Phi) is 569. The van der Waals surface area contributed by atoms with E-state index < -0.39 is 0 Å². The van der Waals surface area contributed by atoms with Gasteiger partial charge in [-0.1, -0.05) is 0 Å². The Hall–Kier alpha value is 2.67. The van der Waals surface area contributed by atoms with Crippen molar-refractivity contribution < 1.29 is 52.7 Å². The molecule has 1 radical (unpaired) electrons. The monoisotopic (exact) mass is 277 g/mol. The van der Waals surface area contributed by atoms with Gasteiger partial charge >= 0.3 is 52.7 Å². The van der Waals surface area contributed by atoms with E-state index in [1.54, 1.807) is 0 Å². The standard InChI is InChI=1S/Co.Ni.3S.Zn/q2*+2;3*-2;+2. The van der Waals surface area contributed by atoms with Crippen LogP contribution in [0.5, 0.6) is 0 Å². The van der Waals surface area contributed by atoms with E-state index in [0.29, 0.717) is 0 Å². The van der Waals surface area contributed by atoms with Crippen molar-refractivity contribution in [1.82, 2.24) is 0 Å². The van der Waals surface area contributed by atoms with Gasteiger partial charge < -0.3 is 40.5 Å². The van der Waals surface area contributed by atoms with Crippen molar-refractivity contribution in [2.75, 3.05) is 0 Å². The second-order valence-corrected chi connectivity index (χ2v) is 0. The maximum absolute atomic E-state index is 0.